The lowest BCUT2D eigenvalue weighted by atomic mass is 10.0. The van der Waals surface area contributed by atoms with Crippen LogP contribution in [0, 0.1) is 5.41 Å². The summed E-state index contributed by atoms with van der Waals surface area (Å²) < 4.78 is 7.22. The number of rotatable bonds is 10. The largest absolute Gasteiger partial charge is 0.497 e. The number of aliphatic hydroxyl groups is 1. The molecular formula is C28H36N8O2. The minimum absolute atomic E-state index is 0.0523. The number of imidazole rings is 1. The average molecular weight is 517 g/mol. The van der Waals surface area contributed by atoms with Crippen molar-refractivity contribution in [3.05, 3.63) is 78.5 Å². The number of nitrogens with zero attached hydrogens (tertiary/aromatic N) is 4. The standard InChI is InChI=1S/C26H30N8O2.C2H6/c1-26(2,35)15-29-13-20(25(27)28)18-6-4-17(5-7-18)12-30-23-11-21(32-16-33-23)22-14-31-24-10-19(36-3)8-9-34(22)24;1-2/h4-11,13-14,16,29,35H,12,15H2,1-3H3,(H3,27,28)(H,30,32,33);1-2H3/b20-13-;. The van der Waals surface area contributed by atoms with E-state index < -0.39 is 5.60 Å². The van der Waals surface area contributed by atoms with Crippen LogP contribution >= 0.6 is 0 Å². The van der Waals surface area contributed by atoms with Gasteiger partial charge in [-0.05, 0) is 31.0 Å². The predicted molar refractivity (Wildman–Crippen MR) is 152 cm³/mol. The Morgan fingerprint density at radius 2 is 1.87 bits per heavy atom. The maximum Gasteiger partial charge on any atom is 0.140 e. The molecule has 0 amide bonds. The molecule has 0 unspecified atom stereocenters. The third kappa shape index (κ3) is 7.30. The van der Waals surface area contributed by atoms with Crippen molar-refractivity contribution in [1.29, 1.82) is 5.41 Å². The molecule has 0 saturated carbocycles. The van der Waals surface area contributed by atoms with E-state index in [-0.39, 0.29) is 5.84 Å². The third-order valence-electron chi connectivity index (χ3n) is 5.46. The highest BCUT2D eigenvalue weighted by Crippen LogP contribution is 2.23. The first-order valence-electron chi connectivity index (χ1n) is 12.4. The predicted octanol–water partition coefficient (Wildman–Crippen LogP) is 4.08. The van der Waals surface area contributed by atoms with Gasteiger partial charge in [0.2, 0.25) is 0 Å². The van der Waals surface area contributed by atoms with E-state index in [1.807, 2.05) is 66.9 Å². The first-order valence-corrected chi connectivity index (χ1v) is 12.4. The van der Waals surface area contributed by atoms with Gasteiger partial charge in [-0.2, -0.15) is 0 Å². The van der Waals surface area contributed by atoms with Gasteiger partial charge in [0.05, 0.1) is 30.3 Å². The highest BCUT2D eigenvalue weighted by Gasteiger charge is 2.12. The van der Waals surface area contributed by atoms with Crippen LogP contribution in [-0.4, -0.2) is 49.6 Å². The lowest BCUT2D eigenvalue weighted by Gasteiger charge is -2.17. The summed E-state index contributed by atoms with van der Waals surface area (Å²) in [6.07, 6.45) is 6.86. The Balaban J connectivity index is 0.00000195. The van der Waals surface area contributed by atoms with Gasteiger partial charge in [0.15, 0.2) is 0 Å². The van der Waals surface area contributed by atoms with E-state index >= 15 is 0 Å². The van der Waals surface area contributed by atoms with Gasteiger partial charge in [-0.3, -0.25) is 9.81 Å². The SMILES string of the molecule is CC.COc1ccn2c(-c3cc(NCc4ccc(/C(=C/NCC(C)(C)O)C(=N)N)cc4)ncn3)cnc2c1. The molecule has 6 N–H and O–H groups in total. The number of ether oxygens (including phenoxy) is 1. The topological polar surface area (TPSA) is 146 Å². The zero-order chi connectivity index (χ0) is 27.7. The molecule has 0 aliphatic rings. The van der Waals surface area contributed by atoms with Crippen LogP contribution in [0.25, 0.3) is 22.6 Å². The van der Waals surface area contributed by atoms with Crippen LogP contribution < -0.4 is 21.1 Å². The van der Waals surface area contributed by atoms with Crippen molar-refractivity contribution in [2.24, 2.45) is 5.73 Å². The lowest BCUT2D eigenvalue weighted by Crippen LogP contribution is -2.32. The number of pyridine rings is 1. The minimum atomic E-state index is -0.868. The molecule has 0 atom stereocenters. The molecule has 10 nitrogen and oxygen atoms in total. The van der Waals surface area contributed by atoms with Crippen molar-refractivity contribution < 1.29 is 9.84 Å². The molecule has 3 heterocycles. The van der Waals surface area contributed by atoms with Gasteiger partial charge in [-0.15, -0.1) is 0 Å². The maximum absolute atomic E-state index is 9.86. The Hall–Kier alpha value is -4.44. The number of fused-ring (bicyclic) bond motifs is 1. The van der Waals surface area contributed by atoms with Crippen LogP contribution in [0.15, 0.2) is 67.4 Å². The first kappa shape index (κ1) is 28.1. The Morgan fingerprint density at radius 3 is 2.53 bits per heavy atom. The summed E-state index contributed by atoms with van der Waals surface area (Å²) >= 11 is 0. The van der Waals surface area contributed by atoms with E-state index in [1.165, 1.54) is 6.33 Å². The highest BCUT2D eigenvalue weighted by molar-refractivity contribution is 6.20. The van der Waals surface area contributed by atoms with Gasteiger partial charge in [-0.1, -0.05) is 38.1 Å². The molecule has 1 aromatic carbocycles. The molecule has 4 rings (SSSR count). The summed E-state index contributed by atoms with van der Waals surface area (Å²) in [7, 11) is 1.63. The van der Waals surface area contributed by atoms with Crippen molar-refractivity contribution in [2.45, 2.75) is 39.8 Å². The summed E-state index contributed by atoms with van der Waals surface area (Å²) in [6, 6.07) is 13.4. The molecule has 38 heavy (non-hydrogen) atoms. The summed E-state index contributed by atoms with van der Waals surface area (Å²) in [5.41, 5.74) is 9.67. The van der Waals surface area contributed by atoms with Crippen molar-refractivity contribution in [3.63, 3.8) is 0 Å². The van der Waals surface area contributed by atoms with E-state index in [0.29, 0.717) is 24.5 Å². The summed E-state index contributed by atoms with van der Waals surface area (Å²) in [6.45, 7) is 8.31. The number of nitrogens with one attached hydrogen (secondary N) is 3. The Labute approximate surface area is 223 Å². The zero-order valence-electron chi connectivity index (χ0n) is 22.5. The van der Waals surface area contributed by atoms with Crippen LogP contribution in [0.3, 0.4) is 0 Å². The number of hydrogen-bond acceptors (Lipinski definition) is 8. The Morgan fingerprint density at radius 1 is 1.13 bits per heavy atom. The molecule has 0 aliphatic carbocycles. The van der Waals surface area contributed by atoms with E-state index in [4.69, 9.17) is 15.9 Å². The number of amidine groups is 1. The molecule has 0 spiro atoms. The van der Waals surface area contributed by atoms with Crippen molar-refractivity contribution >= 4 is 22.9 Å². The highest BCUT2D eigenvalue weighted by atomic mass is 16.5. The quantitative estimate of drug-likeness (QED) is 0.157. The smallest absolute Gasteiger partial charge is 0.140 e. The molecule has 0 aliphatic heterocycles. The monoisotopic (exact) mass is 516 g/mol. The summed E-state index contributed by atoms with van der Waals surface area (Å²) in [5, 5.41) is 24.1. The minimum Gasteiger partial charge on any atom is -0.497 e. The maximum atomic E-state index is 9.86. The molecule has 3 aromatic heterocycles. The molecule has 0 fully saturated rings. The van der Waals surface area contributed by atoms with Crippen LogP contribution in [-0.2, 0) is 6.54 Å². The van der Waals surface area contributed by atoms with Gasteiger partial charge in [0.25, 0.3) is 0 Å². The first-order chi connectivity index (χ1) is 18.2. The fourth-order valence-electron chi connectivity index (χ4n) is 3.59. The van der Waals surface area contributed by atoms with Gasteiger partial charge >= 0.3 is 0 Å². The van der Waals surface area contributed by atoms with Crippen LogP contribution in [0.2, 0.25) is 0 Å². The number of benzene rings is 1. The van der Waals surface area contributed by atoms with Gasteiger partial charge in [0.1, 0.15) is 29.4 Å². The number of hydrogen-bond donors (Lipinski definition) is 5. The molecule has 200 valence electrons. The molecule has 0 radical (unpaired) electrons. The second kappa shape index (κ2) is 12.7. The normalized spacial score (nSPS) is 11.5. The fourth-order valence-corrected chi connectivity index (χ4v) is 3.59. The molecule has 10 heteroatoms. The molecule has 0 bridgehead atoms. The van der Waals surface area contributed by atoms with Crippen molar-refractivity contribution in [1.82, 2.24) is 24.7 Å². The van der Waals surface area contributed by atoms with Crippen LogP contribution in [0.5, 0.6) is 5.75 Å². The average Bonchev–Trinajstić information content (AvgIpc) is 3.34. The van der Waals surface area contributed by atoms with Gasteiger partial charge in [0, 0.05) is 43.2 Å². The Bertz CT molecular complexity index is 1390. The van der Waals surface area contributed by atoms with E-state index in [9.17, 15) is 5.11 Å². The van der Waals surface area contributed by atoms with E-state index in [0.717, 1.165) is 33.9 Å². The van der Waals surface area contributed by atoms with Crippen molar-refractivity contribution in [3.8, 4) is 17.1 Å². The van der Waals surface area contributed by atoms with Crippen LogP contribution in [0.1, 0.15) is 38.8 Å². The van der Waals surface area contributed by atoms with Crippen molar-refractivity contribution in [2.75, 3.05) is 19.0 Å². The number of anilines is 1. The second-order valence-corrected chi connectivity index (χ2v) is 8.94. The number of methoxy groups -OCH3 is 1. The third-order valence-corrected chi connectivity index (χ3v) is 5.46. The summed E-state index contributed by atoms with van der Waals surface area (Å²) in [5.74, 6) is 1.38. The molecule has 4 aromatic rings. The van der Waals surface area contributed by atoms with Gasteiger partial charge < -0.3 is 26.2 Å². The molecular weight excluding hydrogens is 480 g/mol. The summed E-state index contributed by atoms with van der Waals surface area (Å²) in [4.78, 5) is 13.2. The lowest BCUT2D eigenvalue weighted by molar-refractivity contribution is 0.0836. The Kier molecular flexibility index (Phi) is 9.39. The molecule has 0 saturated heterocycles. The van der Waals surface area contributed by atoms with E-state index in [2.05, 4.69) is 25.6 Å². The second-order valence-electron chi connectivity index (χ2n) is 8.94. The number of nitrogens with two attached hydrogens (primary N) is 1. The van der Waals surface area contributed by atoms with E-state index in [1.54, 1.807) is 33.4 Å². The fraction of sp³-hybridized carbons (Fsp3) is 0.286. The zero-order valence-corrected chi connectivity index (χ0v) is 22.5. The van der Waals surface area contributed by atoms with Gasteiger partial charge in [-0.25, -0.2) is 15.0 Å². The van der Waals surface area contributed by atoms with Crippen LogP contribution in [0.4, 0.5) is 5.82 Å². The number of aromatic nitrogens is 4.